The van der Waals surface area contributed by atoms with Crippen LogP contribution < -0.4 is 0 Å². The highest BCUT2D eigenvalue weighted by Gasteiger charge is 2.28. The molecule has 0 amide bonds. The molecular weight excluding hydrogens is 266 g/mol. The molecule has 0 unspecified atom stereocenters. The predicted molar refractivity (Wildman–Crippen MR) is 70.5 cm³/mol. The monoisotopic (exact) mass is 285 g/mol. The van der Waals surface area contributed by atoms with Gasteiger partial charge in [0.05, 0.1) is 26.4 Å². The number of carbonyl (C=O) groups is 3. The van der Waals surface area contributed by atoms with E-state index >= 15 is 0 Å². The molecule has 0 atom stereocenters. The first-order valence-corrected chi connectivity index (χ1v) is 5.81. The molecule has 20 heavy (non-hydrogen) atoms. The van der Waals surface area contributed by atoms with Gasteiger partial charge in [-0.05, 0) is 19.2 Å². The lowest BCUT2D eigenvalue weighted by Gasteiger charge is -2.10. The Morgan fingerprint density at radius 1 is 1.00 bits per heavy atom. The zero-order valence-electron chi connectivity index (χ0n) is 12.3. The molecule has 0 fully saturated rings. The zero-order chi connectivity index (χ0) is 15.7. The molecule has 0 aromatic heterocycles. The Kier molecular flexibility index (Phi) is 7.72. The van der Waals surface area contributed by atoms with E-state index in [1.165, 1.54) is 12.3 Å². The van der Waals surface area contributed by atoms with Crippen LogP contribution in [0.4, 0.5) is 0 Å². The summed E-state index contributed by atoms with van der Waals surface area (Å²) in [6.45, 7) is 1.72. The van der Waals surface area contributed by atoms with Crippen LogP contribution in [-0.2, 0) is 28.6 Å². The summed E-state index contributed by atoms with van der Waals surface area (Å²) in [5.74, 6) is -2.75. The van der Waals surface area contributed by atoms with Gasteiger partial charge in [0, 0.05) is 14.1 Å². The van der Waals surface area contributed by atoms with Crippen molar-refractivity contribution in [3.05, 3.63) is 23.4 Å². The van der Waals surface area contributed by atoms with Gasteiger partial charge in [0.15, 0.2) is 5.57 Å². The van der Waals surface area contributed by atoms with Gasteiger partial charge < -0.3 is 19.1 Å². The van der Waals surface area contributed by atoms with Crippen molar-refractivity contribution in [1.29, 1.82) is 0 Å². The number of hydrogen-bond acceptors (Lipinski definition) is 7. The van der Waals surface area contributed by atoms with Gasteiger partial charge in [0.25, 0.3) is 0 Å². The Morgan fingerprint density at radius 3 is 1.85 bits per heavy atom. The molecule has 0 spiro atoms. The number of nitrogens with zero attached hydrogens (tertiary/aromatic N) is 1. The largest absolute Gasteiger partial charge is 0.465 e. The van der Waals surface area contributed by atoms with Crippen LogP contribution >= 0.6 is 0 Å². The molecule has 0 heterocycles. The first kappa shape index (κ1) is 17.7. The maximum atomic E-state index is 11.9. The minimum absolute atomic E-state index is 0.105. The summed E-state index contributed by atoms with van der Waals surface area (Å²) in [4.78, 5) is 36.8. The van der Waals surface area contributed by atoms with E-state index in [2.05, 4.69) is 9.47 Å². The molecule has 0 saturated heterocycles. The van der Waals surface area contributed by atoms with Crippen LogP contribution in [-0.4, -0.2) is 57.7 Å². The summed E-state index contributed by atoms with van der Waals surface area (Å²) in [5, 5.41) is 0. The number of esters is 3. The minimum Gasteiger partial charge on any atom is -0.465 e. The highest BCUT2D eigenvalue weighted by molar-refractivity contribution is 6.19. The first-order valence-electron chi connectivity index (χ1n) is 5.81. The molecule has 0 N–H and O–H groups in total. The third kappa shape index (κ3) is 5.13. The second-order valence-corrected chi connectivity index (χ2v) is 3.77. The van der Waals surface area contributed by atoms with Crippen molar-refractivity contribution >= 4 is 17.9 Å². The Labute approximate surface area is 117 Å². The average molecular weight is 285 g/mol. The van der Waals surface area contributed by atoms with E-state index in [-0.39, 0.29) is 12.2 Å². The molecule has 0 rings (SSSR count). The van der Waals surface area contributed by atoms with E-state index in [1.54, 1.807) is 25.9 Å². The molecule has 0 aliphatic carbocycles. The van der Waals surface area contributed by atoms with Crippen LogP contribution in [0.15, 0.2) is 23.4 Å². The maximum Gasteiger partial charge on any atom is 0.346 e. The summed E-state index contributed by atoms with van der Waals surface area (Å²) in [6, 6.07) is 0. The van der Waals surface area contributed by atoms with E-state index in [9.17, 15) is 14.4 Å². The molecule has 0 aliphatic heterocycles. The van der Waals surface area contributed by atoms with E-state index in [4.69, 9.17) is 4.74 Å². The standard InChI is InChI=1S/C13H19NO6/c1-6-20-11(15)9(7-8-14(2)3)10(12(16)18-4)13(17)19-5/h7-8H,6H2,1-5H3/b8-7+. The Morgan fingerprint density at radius 2 is 1.50 bits per heavy atom. The number of carbonyl (C=O) groups excluding carboxylic acids is 3. The number of ether oxygens (including phenoxy) is 3. The molecule has 7 heteroatoms. The molecule has 0 aromatic rings. The molecule has 112 valence electrons. The summed E-state index contributed by atoms with van der Waals surface area (Å²) < 4.78 is 13.8. The molecular formula is C13H19NO6. The van der Waals surface area contributed by atoms with Crippen molar-refractivity contribution in [3.63, 3.8) is 0 Å². The van der Waals surface area contributed by atoms with E-state index in [1.807, 2.05) is 0 Å². The fourth-order valence-corrected chi connectivity index (χ4v) is 1.19. The number of rotatable bonds is 6. The third-order valence-corrected chi connectivity index (χ3v) is 2.08. The summed E-state index contributed by atoms with van der Waals surface area (Å²) >= 11 is 0. The smallest absolute Gasteiger partial charge is 0.346 e. The van der Waals surface area contributed by atoms with Crippen LogP contribution in [0.3, 0.4) is 0 Å². The minimum atomic E-state index is -0.969. The zero-order valence-corrected chi connectivity index (χ0v) is 12.3. The lowest BCUT2D eigenvalue weighted by Crippen LogP contribution is -2.22. The maximum absolute atomic E-state index is 11.9. The molecule has 0 aliphatic rings. The van der Waals surface area contributed by atoms with Crippen molar-refractivity contribution in [1.82, 2.24) is 4.90 Å². The third-order valence-electron chi connectivity index (χ3n) is 2.08. The van der Waals surface area contributed by atoms with Gasteiger partial charge in [0.2, 0.25) is 0 Å². The Bertz CT molecular complexity index is 418. The van der Waals surface area contributed by atoms with Crippen LogP contribution in [0, 0.1) is 0 Å². The normalized spacial score (nSPS) is 9.85. The topological polar surface area (TPSA) is 82.1 Å². The average Bonchev–Trinajstić information content (AvgIpc) is 2.41. The van der Waals surface area contributed by atoms with Gasteiger partial charge >= 0.3 is 17.9 Å². The molecule has 7 nitrogen and oxygen atoms in total. The van der Waals surface area contributed by atoms with Gasteiger partial charge in [-0.3, -0.25) is 0 Å². The second-order valence-electron chi connectivity index (χ2n) is 3.77. The fourth-order valence-electron chi connectivity index (χ4n) is 1.19. The van der Waals surface area contributed by atoms with Gasteiger partial charge in [0.1, 0.15) is 0 Å². The SMILES string of the molecule is CCOC(=O)C(/C=C/N(C)C)=C(C(=O)OC)C(=O)OC. The van der Waals surface area contributed by atoms with E-state index in [0.717, 1.165) is 14.2 Å². The molecule has 0 radical (unpaired) electrons. The van der Waals surface area contributed by atoms with Crippen molar-refractivity contribution in [2.24, 2.45) is 0 Å². The fraction of sp³-hybridized carbons (Fsp3) is 0.462. The van der Waals surface area contributed by atoms with E-state index < -0.39 is 23.5 Å². The Balaban J connectivity index is 5.91. The predicted octanol–water partition coefficient (Wildman–Crippen LogP) is 0.267. The molecule has 0 bridgehead atoms. The quantitative estimate of drug-likeness (QED) is 0.173. The van der Waals surface area contributed by atoms with Crippen LogP contribution in [0.5, 0.6) is 0 Å². The lowest BCUT2D eigenvalue weighted by molar-refractivity contribution is -0.146. The van der Waals surface area contributed by atoms with Gasteiger partial charge in [-0.2, -0.15) is 0 Å². The van der Waals surface area contributed by atoms with Crippen molar-refractivity contribution in [2.75, 3.05) is 34.9 Å². The second kappa shape index (κ2) is 8.73. The number of methoxy groups -OCH3 is 2. The summed E-state index contributed by atoms with van der Waals surface area (Å²) in [7, 11) is 5.64. The van der Waals surface area contributed by atoms with Crippen LogP contribution in [0.1, 0.15) is 6.92 Å². The van der Waals surface area contributed by atoms with Crippen molar-refractivity contribution in [2.45, 2.75) is 6.92 Å². The lowest BCUT2D eigenvalue weighted by atomic mass is 10.1. The van der Waals surface area contributed by atoms with Crippen LogP contribution in [0.25, 0.3) is 0 Å². The van der Waals surface area contributed by atoms with Crippen LogP contribution in [0.2, 0.25) is 0 Å². The van der Waals surface area contributed by atoms with Crippen molar-refractivity contribution < 1.29 is 28.6 Å². The highest BCUT2D eigenvalue weighted by atomic mass is 16.5. The highest BCUT2D eigenvalue weighted by Crippen LogP contribution is 2.13. The summed E-state index contributed by atoms with van der Waals surface area (Å²) in [5.41, 5.74) is -0.731. The van der Waals surface area contributed by atoms with Gasteiger partial charge in [-0.25, -0.2) is 14.4 Å². The Hall–Kier alpha value is -2.31. The number of hydrogen-bond donors (Lipinski definition) is 0. The van der Waals surface area contributed by atoms with Gasteiger partial charge in [-0.1, -0.05) is 0 Å². The molecule has 0 aromatic carbocycles. The van der Waals surface area contributed by atoms with E-state index in [0.29, 0.717) is 0 Å². The molecule has 0 saturated carbocycles. The first-order chi connectivity index (χ1) is 9.38. The summed E-state index contributed by atoms with van der Waals surface area (Å²) in [6.07, 6.45) is 2.79. The van der Waals surface area contributed by atoms with Gasteiger partial charge in [-0.15, -0.1) is 0 Å². The van der Waals surface area contributed by atoms with Crippen molar-refractivity contribution in [3.8, 4) is 0 Å².